The topological polar surface area (TPSA) is 70.6 Å². The van der Waals surface area contributed by atoms with E-state index in [-0.39, 0.29) is 24.5 Å². The molecule has 0 aromatic rings. The fraction of sp³-hybridized carbons (Fsp3) is 0.909. The van der Waals surface area contributed by atoms with Crippen LogP contribution in [0, 0.1) is 5.92 Å². The molecule has 1 aliphatic rings. The molecule has 1 aliphatic heterocycles. The van der Waals surface area contributed by atoms with Crippen molar-refractivity contribution in [3.63, 3.8) is 0 Å². The number of methoxy groups -OCH3 is 1. The number of aliphatic hydroxyl groups excluding tert-OH is 1. The van der Waals surface area contributed by atoms with Crippen molar-refractivity contribution >= 4 is 5.91 Å². The van der Waals surface area contributed by atoms with E-state index >= 15 is 0 Å². The molecule has 0 saturated carbocycles. The van der Waals surface area contributed by atoms with E-state index in [4.69, 9.17) is 9.84 Å². The maximum atomic E-state index is 11.9. The van der Waals surface area contributed by atoms with Crippen LogP contribution in [0.2, 0.25) is 0 Å². The first-order valence-corrected chi connectivity index (χ1v) is 5.88. The first-order chi connectivity index (χ1) is 7.77. The molecule has 5 nitrogen and oxygen atoms in total. The second-order valence-corrected chi connectivity index (χ2v) is 4.22. The minimum Gasteiger partial charge on any atom is -0.396 e. The lowest BCUT2D eigenvalue weighted by molar-refractivity contribution is -0.126. The fourth-order valence-corrected chi connectivity index (χ4v) is 1.95. The van der Waals surface area contributed by atoms with Crippen LogP contribution in [0.25, 0.3) is 0 Å². The van der Waals surface area contributed by atoms with Crippen molar-refractivity contribution in [1.82, 2.24) is 10.6 Å². The van der Waals surface area contributed by atoms with Gasteiger partial charge in [-0.05, 0) is 25.8 Å². The molecule has 1 saturated heterocycles. The highest BCUT2D eigenvalue weighted by Crippen LogP contribution is 2.10. The number of hydrogen-bond acceptors (Lipinski definition) is 4. The van der Waals surface area contributed by atoms with Crippen LogP contribution in [0.5, 0.6) is 0 Å². The van der Waals surface area contributed by atoms with Crippen LogP contribution in [0.3, 0.4) is 0 Å². The summed E-state index contributed by atoms with van der Waals surface area (Å²) in [5.74, 6) is 0.134. The van der Waals surface area contributed by atoms with Gasteiger partial charge in [0.1, 0.15) is 0 Å². The molecular weight excluding hydrogens is 208 g/mol. The predicted octanol–water partition coefficient (Wildman–Crippen LogP) is -0.500. The second kappa shape index (κ2) is 7.60. The monoisotopic (exact) mass is 230 g/mol. The largest absolute Gasteiger partial charge is 0.396 e. The van der Waals surface area contributed by atoms with Crippen LogP contribution in [-0.4, -0.2) is 50.5 Å². The standard InChI is InChI=1S/C11H22N2O3/c1-16-8-10(4-6-14)13-11(15)9-3-2-5-12-7-9/h9-10,12,14H,2-8H2,1H3,(H,13,15). The van der Waals surface area contributed by atoms with Gasteiger partial charge in [0.25, 0.3) is 0 Å². The van der Waals surface area contributed by atoms with Gasteiger partial charge in [-0.1, -0.05) is 0 Å². The maximum absolute atomic E-state index is 11.9. The lowest BCUT2D eigenvalue weighted by Crippen LogP contribution is -2.46. The number of ether oxygens (including phenoxy) is 1. The number of piperidine rings is 1. The number of carbonyl (C=O) groups excluding carboxylic acids is 1. The van der Waals surface area contributed by atoms with Crippen LogP contribution in [-0.2, 0) is 9.53 Å². The quantitative estimate of drug-likeness (QED) is 0.575. The number of carbonyl (C=O) groups is 1. The van der Waals surface area contributed by atoms with Gasteiger partial charge in [-0.2, -0.15) is 0 Å². The van der Waals surface area contributed by atoms with E-state index in [0.29, 0.717) is 13.0 Å². The van der Waals surface area contributed by atoms with Crippen molar-refractivity contribution in [3.05, 3.63) is 0 Å². The Labute approximate surface area is 96.6 Å². The fourth-order valence-electron chi connectivity index (χ4n) is 1.95. The number of nitrogens with one attached hydrogen (secondary N) is 2. The highest BCUT2D eigenvalue weighted by Gasteiger charge is 2.22. The molecule has 0 aromatic carbocycles. The van der Waals surface area contributed by atoms with Gasteiger partial charge in [0.2, 0.25) is 5.91 Å². The minimum absolute atomic E-state index is 0.0619. The van der Waals surface area contributed by atoms with Gasteiger partial charge in [-0.3, -0.25) is 4.79 Å². The molecule has 94 valence electrons. The van der Waals surface area contributed by atoms with E-state index < -0.39 is 0 Å². The third-order valence-corrected chi connectivity index (χ3v) is 2.86. The van der Waals surface area contributed by atoms with E-state index in [2.05, 4.69) is 10.6 Å². The highest BCUT2D eigenvalue weighted by molar-refractivity contribution is 5.79. The summed E-state index contributed by atoms with van der Waals surface area (Å²) in [5, 5.41) is 15.0. The average molecular weight is 230 g/mol. The summed E-state index contributed by atoms with van der Waals surface area (Å²) in [6.45, 7) is 2.27. The van der Waals surface area contributed by atoms with Crippen LogP contribution in [0.15, 0.2) is 0 Å². The molecule has 0 radical (unpaired) electrons. The van der Waals surface area contributed by atoms with Gasteiger partial charge in [0.15, 0.2) is 0 Å². The highest BCUT2D eigenvalue weighted by atomic mass is 16.5. The summed E-state index contributed by atoms with van der Waals surface area (Å²) in [7, 11) is 1.60. The Morgan fingerprint density at radius 3 is 3.06 bits per heavy atom. The molecule has 16 heavy (non-hydrogen) atoms. The molecule has 1 fully saturated rings. The Hall–Kier alpha value is -0.650. The molecule has 0 aliphatic carbocycles. The van der Waals surface area contributed by atoms with Gasteiger partial charge in [0.05, 0.1) is 18.6 Å². The summed E-state index contributed by atoms with van der Waals surface area (Å²) in [6, 6.07) is -0.0792. The zero-order valence-corrected chi connectivity index (χ0v) is 9.87. The number of rotatable bonds is 6. The molecule has 0 spiro atoms. The molecule has 1 heterocycles. The smallest absolute Gasteiger partial charge is 0.224 e. The lowest BCUT2D eigenvalue weighted by Gasteiger charge is -2.25. The molecule has 2 unspecified atom stereocenters. The molecule has 3 N–H and O–H groups in total. The second-order valence-electron chi connectivity index (χ2n) is 4.22. The van der Waals surface area contributed by atoms with Crippen molar-refractivity contribution in [3.8, 4) is 0 Å². The van der Waals surface area contributed by atoms with Crippen LogP contribution < -0.4 is 10.6 Å². The van der Waals surface area contributed by atoms with Gasteiger partial charge in [-0.25, -0.2) is 0 Å². The Balaban J connectivity index is 2.33. The third-order valence-electron chi connectivity index (χ3n) is 2.86. The van der Waals surface area contributed by atoms with E-state index in [9.17, 15) is 4.79 Å². The average Bonchev–Trinajstić information content (AvgIpc) is 2.31. The van der Waals surface area contributed by atoms with Crippen molar-refractivity contribution in [2.75, 3.05) is 33.4 Å². The molecule has 1 rings (SSSR count). The SMILES string of the molecule is COCC(CCO)NC(=O)C1CCCNC1. The molecule has 1 amide bonds. The number of hydrogen-bond donors (Lipinski definition) is 3. The molecule has 2 atom stereocenters. The van der Waals surface area contributed by atoms with Crippen LogP contribution in [0.1, 0.15) is 19.3 Å². The summed E-state index contributed by atoms with van der Waals surface area (Å²) in [4.78, 5) is 11.9. The van der Waals surface area contributed by atoms with Gasteiger partial charge >= 0.3 is 0 Å². The Kier molecular flexibility index (Phi) is 6.37. The van der Waals surface area contributed by atoms with E-state index in [1.165, 1.54) is 0 Å². The van der Waals surface area contributed by atoms with Gasteiger partial charge < -0.3 is 20.5 Å². The minimum atomic E-state index is -0.0792. The summed E-state index contributed by atoms with van der Waals surface area (Å²) < 4.78 is 5.00. The summed E-state index contributed by atoms with van der Waals surface area (Å²) >= 11 is 0. The van der Waals surface area contributed by atoms with Crippen molar-refractivity contribution in [2.45, 2.75) is 25.3 Å². The molecular formula is C11H22N2O3. The van der Waals surface area contributed by atoms with Crippen molar-refractivity contribution < 1.29 is 14.6 Å². The Morgan fingerprint density at radius 1 is 1.69 bits per heavy atom. The first kappa shape index (κ1) is 13.4. The molecule has 0 bridgehead atoms. The number of aliphatic hydroxyl groups is 1. The molecule has 0 aromatic heterocycles. The van der Waals surface area contributed by atoms with Crippen LogP contribution in [0.4, 0.5) is 0 Å². The molecule has 5 heteroatoms. The zero-order chi connectivity index (χ0) is 11.8. The first-order valence-electron chi connectivity index (χ1n) is 5.88. The summed E-state index contributed by atoms with van der Waals surface area (Å²) in [5.41, 5.74) is 0. The normalized spacial score (nSPS) is 22.8. The Morgan fingerprint density at radius 2 is 2.50 bits per heavy atom. The number of amides is 1. The summed E-state index contributed by atoms with van der Waals surface area (Å²) in [6.07, 6.45) is 2.53. The third kappa shape index (κ3) is 4.47. The lowest BCUT2D eigenvalue weighted by atomic mass is 9.98. The zero-order valence-electron chi connectivity index (χ0n) is 9.87. The Bertz CT molecular complexity index is 199. The van der Waals surface area contributed by atoms with Crippen LogP contribution >= 0.6 is 0 Å². The van der Waals surface area contributed by atoms with Gasteiger partial charge in [0, 0.05) is 20.3 Å². The van der Waals surface area contributed by atoms with Crippen molar-refractivity contribution in [2.24, 2.45) is 5.92 Å². The van der Waals surface area contributed by atoms with E-state index in [0.717, 1.165) is 25.9 Å². The van der Waals surface area contributed by atoms with E-state index in [1.54, 1.807) is 7.11 Å². The van der Waals surface area contributed by atoms with Gasteiger partial charge in [-0.15, -0.1) is 0 Å². The van der Waals surface area contributed by atoms with Crippen molar-refractivity contribution in [1.29, 1.82) is 0 Å². The van der Waals surface area contributed by atoms with E-state index in [1.807, 2.05) is 0 Å². The predicted molar refractivity (Wildman–Crippen MR) is 61.1 cm³/mol. The maximum Gasteiger partial charge on any atom is 0.224 e.